The van der Waals surface area contributed by atoms with Gasteiger partial charge in [0.05, 0.1) is 6.54 Å². The van der Waals surface area contributed by atoms with Gasteiger partial charge in [0.15, 0.2) is 5.96 Å². The van der Waals surface area contributed by atoms with Gasteiger partial charge in [0, 0.05) is 28.9 Å². The van der Waals surface area contributed by atoms with Gasteiger partial charge in [-0.25, -0.2) is 13.8 Å². The van der Waals surface area contributed by atoms with Crippen LogP contribution in [0.2, 0.25) is 0 Å². The van der Waals surface area contributed by atoms with Crippen molar-refractivity contribution in [1.82, 2.24) is 10.6 Å². The summed E-state index contributed by atoms with van der Waals surface area (Å²) in [6.45, 7) is 3.32. The number of hydrogen-bond donors (Lipinski definition) is 2. The van der Waals surface area contributed by atoms with E-state index >= 15 is 0 Å². The van der Waals surface area contributed by atoms with E-state index in [2.05, 4.69) is 15.6 Å². The lowest BCUT2D eigenvalue weighted by atomic mass is 10.1. The first-order valence-electron chi connectivity index (χ1n) is 7.70. The predicted octanol–water partition coefficient (Wildman–Crippen LogP) is 4.26. The average molecular weight is 463 g/mol. The Labute approximate surface area is 161 Å². The van der Waals surface area contributed by atoms with Gasteiger partial charge in [0.2, 0.25) is 0 Å². The fourth-order valence-electron chi connectivity index (χ4n) is 2.59. The summed E-state index contributed by atoms with van der Waals surface area (Å²) in [7, 11) is 0. The number of benzene rings is 1. The lowest BCUT2D eigenvalue weighted by Gasteiger charge is -2.11. The first-order chi connectivity index (χ1) is 11.2. The molecule has 24 heavy (non-hydrogen) atoms. The van der Waals surface area contributed by atoms with Gasteiger partial charge in [-0.05, 0) is 36.9 Å². The van der Waals surface area contributed by atoms with Crippen LogP contribution < -0.4 is 10.6 Å². The van der Waals surface area contributed by atoms with Crippen LogP contribution in [0.15, 0.2) is 40.7 Å². The number of aliphatic imine (C=N–C) groups is 1. The van der Waals surface area contributed by atoms with Crippen LogP contribution in [0.3, 0.4) is 0 Å². The quantitative estimate of drug-likeness (QED) is 0.395. The van der Waals surface area contributed by atoms with Gasteiger partial charge in [0.1, 0.15) is 11.6 Å². The van der Waals surface area contributed by atoms with Crippen molar-refractivity contribution < 1.29 is 8.78 Å². The van der Waals surface area contributed by atoms with E-state index in [9.17, 15) is 8.78 Å². The zero-order valence-corrected chi connectivity index (χ0v) is 16.4. The van der Waals surface area contributed by atoms with Gasteiger partial charge in [-0.1, -0.05) is 12.1 Å². The SMILES string of the molecule is CCNC(=NCc1cccs1)NC1CC1c1c(F)cccc1F.I. The smallest absolute Gasteiger partial charge is 0.191 e. The minimum absolute atomic E-state index is 0. The Bertz CT molecular complexity index is 671. The van der Waals surface area contributed by atoms with Crippen molar-refractivity contribution in [3.05, 3.63) is 57.8 Å². The Balaban J connectivity index is 0.00000208. The van der Waals surface area contributed by atoms with Gasteiger partial charge >= 0.3 is 0 Å². The third-order valence-electron chi connectivity index (χ3n) is 3.80. The van der Waals surface area contributed by atoms with Gasteiger partial charge in [-0.15, -0.1) is 35.3 Å². The van der Waals surface area contributed by atoms with Crippen LogP contribution in [0.5, 0.6) is 0 Å². The van der Waals surface area contributed by atoms with Crippen LogP contribution in [0.1, 0.15) is 29.7 Å². The van der Waals surface area contributed by atoms with E-state index in [4.69, 9.17) is 0 Å². The Morgan fingerprint density at radius 1 is 1.25 bits per heavy atom. The van der Waals surface area contributed by atoms with Crippen molar-refractivity contribution in [2.45, 2.75) is 31.8 Å². The van der Waals surface area contributed by atoms with Gasteiger partial charge in [0.25, 0.3) is 0 Å². The minimum Gasteiger partial charge on any atom is -0.357 e. The number of nitrogens with one attached hydrogen (secondary N) is 2. The summed E-state index contributed by atoms with van der Waals surface area (Å²) in [4.78, 5) is 5.70. The van der Waals surface area contributed by atoms with E-state index in [1.165, 1.54) is 23.1 Å². The van der Waals surface area contributed by atoms with E-state index in [0.717, 1.165) is 6.54 Å². The number of guanidine groups is 1. The molecule has 0 aliphatic heterocycles. The van der Waals surface area contributed by atoms with Crippen LogP contribution in [-0.4, -0.2) is 18.5 Å². The number of rotatable bonds is 5. The van der Waals surface area contributed by atoms with Crippen LogP contribution >= 0.6 is 35.3 Å². The van der Waals surface area contributed by atoms with Crippen LogP contribution in [0, 0.1) is 11.6 Å². The van der Waals surface area contributed by atoms with Gasteiger partial charge in [-0.3, -0.25) is 0 Å². The lowest BCUT2D eigenvalue weighted by Crippen LogP contribution is -2.39. The molecule has 0 amide bonds. The molecule has 0 radical (unpaired) electrons. The van der Waals surface area contributed by atoms with E-state index in [1.54, 1.807) is 11.3 Å². The van der Waals surface area contributed by atoms with E-state index in [-0.39, 0.29) is 41.5 Å². The highest BCUT2D eigenvalue weighted by Gasteiger charge is 2.42. The molecule has 2 aromatic rings. The number of halogens is 3. The molecule has 2 N–H and O–H groups in total. The molecule has 1 aliphatic rings. The van der Waals surface area contributed by atoms with Crippen molar-refractivity contribution in [1.29, 1.82) is 0 Å². The van der Waals surface area contributed by atoms with Crippen LogP contribution in [-0.2, 0) is 6.54 Å². The Morgan fingerprint density at radius 3 is 2.62 bits per heavy atom. The maximum Gasteiger partial charge on any atom is 0.191 e. The molecule has 3 nitrogen and oxygen atoms in total. The van der Waals surface area contributed by atoms with Gasteiger partial charge in [-0.2, -0.15) is 0 Å². The highest BCUT2D eigenvalue weighted by molar-refractivity contribution is 14.0. The summed E-state index contributed by atoms with van der Waals surface area (Å²) in [6, 6.07) is 8.06. The zero-order chi connectivity index (χ0) is 16.2. The number of hydrogen-bond acceptors (Lipinski definition) is 2. The van der Waals surface area contributed by atoms with Crippen molar-refractivity contribution in [2.24, 2.45) is 4.99 Å². The molecular weight excluding hydrogens is 443 g/mol. The first kappa shape index (κ1) is 19.1. The molecule has 1 aliphatic carbocycles. The molecule has 7 heteroatoms. The fourth-order valence-corrected chi connectivity index (χ4v) is 3.22. The minimum atomic E-state index is -0.472. The Morgan fingerprint density at radius 2 is 2.00 bits per heavy atom. The summed E-state index contributed by atoms with van der Waals surface area (Å²) in [5.41, 5.74) is 0.180. The number of nitrogens with zero attached hydrogens (tertiary/aromatic N) is 1. The molecule has 3 rings (SSSR count). The molecule has 2 unspecified atom stereocenters. The zero-order valence-electron chi connectivity index (χ0n) is 13.3. The topological polar surface area (TPSA) is 36.4 Å². The molecule has 1 fully saturated rings. The van der Waals surface area contributed by atoms with E-state index in [0.29, 0.717) is 18.9 Å². The molecule has 130 valence electrons. The van der Waals surface area contributed by atoms with E-state index in [1.807, 2.05) is 24.4 Å². The molecule has 1 aromatic carbocycles. The van der Waals surface area contributed by atoms with Crippen LogP contribution in [0.25, 0.3) is 0 Å². The molecule has 1 saturated carbocycles. The summed E-state index contributed by atoms with van der Waals surface area (Å²) >= 11 is 1.66. The second-order valence-electron chi connectivity index (χ2n) is 5.50. The van der Waals surface area contributed by atoms with E-state index < -0.39 is 11.6 Å². The summed E-state index contributed by atoms with van der Waals surface area (Å²) in [5, 5.41) is 8.46. The standard InChI is InChI=1S/C17H19F2N3S.HI/c1-2-20-17(21-10-11-5-4-8-23-11)22-15-9-12(15)16-13(18)6-3-7-14(16)19;/h3-8,12,15H,2,9-10H2,1H3,(H2,20,21,22);1H. The molecule has 0 saturated heterocycles. The van der Waals surface area contributed by atoms with Gasteiger partial charge < -0.3 is 10.6 Å². The van der Waals surface area contributed by atoms with Crippen molar-refractivity contribution in [3.8, 4) is 0 Å². The summed E-state index contributed by atoms with van der Waals surface area (Å²) in [5.74, 6) is -0.397. The predicted molar refractivity (Wildman–Crippen MR) is 105 cm³/mol. The molecule has 1 aromatic heterocycles. The summed E-state index contributed by atoms with van der Waals surface area (Å²) in [6.07, 6.45) is 0.710. The normalized spacial score (nSPS) is 19.5. The molecule has 2 atom stereocenters. The second-order valence-corrected chi connectivity index (χ2v) is 6.54. The molecule has 1 heterocycles. The van der Waals surface area contributed by atoms with Crippen molar-refractivity contribution in [2.75, 3.05) is 6.54 Å². The lowest BCUT2D eigenvalue weighted by molar-refractivity contribution is 0.553. The second kappa shape index (κ2) is 8.75. The first-order valence-corrected chi connectivity index (χ1v) is 8.58. The molecular formula is C17H20F2IN3S. The largest absolute Gasteiger partial charge is 0.357 e. The monoisotopic (exact) mass is 463 g/mol. The maximum absolute atomic E-state index is 13.8. The summed E-state index contributed by atoms with van der Waals surface area (Å²) < 4.78 is 27.6. The maximum atomic E-state index is 13.8. The van der Waals surface area contributed by atoms with Crippen LogP contribution in [0.4, 0.5) is 8.78 Å². The van der Waals surface area contributed by atoms with Crippen molar-refractivity contribution >= 4 is 41.3 Å². The molecule has 0 bridgehead atoms. The third kappa shape index (κ3) is 4.66. The number of thiophene rings is 1. The fraction of sp³-hybridized carbons (Fsp3) is 0.353. The highest BCUT2D eigenvalue weighted by Crippen LogP contribution is 2.43. The third-order valence-corrected chi connectivity index (χ3v) is 4.66. The Kier molecular flexibility index (Phi) is 6.97. The highest BCUT2D eigenvalue weighted by atomic mass is 127. The Hall–Kier alpha value is -1.22. The van der Waals surface area contributed by atoms with Crippen molar-refractivity contribution in [3.63, 3.8) is 0 Å². The molecule has 0 spiro atoms. The average Bonchev–Trinajstić information content (AvgIpc) is 3.06.